The summed E-state index contributed by atoms with van der Waals surface area (Å²) in [7, 11) is 1.63. The van der Waals surface area contributed by atoms with Gasteiger partial charge in [0.05, 0.1) is 19.8 Å². The SMILES string of the molecule is CC(N)CC(=O)N(C)CC(=O)N1CCOCC1.Cl. The Labute approximate surface area is 114 Å². The third kappa shape index (κ3) is 5.66. The minimum atomic E-state index is -0.177. The van der Waals surface area contributed by atoms with Gasteiger partial charge >= 0.3 is 0 Å². The van der Waals surface area contributed by atoms with Crippen LogP contribution in [0.1, 0.15) is 13.3 Å². The zero-order valence-corrected chi connectivity index (χ0v) is 11.7. The fourth-order valence-electron chi connectivity index (χ4n) is 1.64. The summed E-state index contributed by atoms with van der Waals surface area (Å²) in [4.78, 5) is 26.6. The van der Waals surface area contributed by atoms with Crippen LogP contribution < -0.4 is 5.73 Å². The second-order valence-corrected chi connectivity index (χ2v) is 4.42. The number of hydrogen-bond donors (Lipinski definition) is 1. The Morgan fingerprint density at radius 2 is 1.94 bits per heavy atom. The van der Waals surface area contributed by atoms with Gasteiger partial charge in [-0.1, -0.05) is 0 Å². The quantitative estimate of drug-likeness (QED) is 0.750. The molecule has 1 saturated heterocycles. The number of carbonyl (C=O) groups excluding carboxylic acids is 2. The van der Waals surface area contributed by atoms with Gasteiger partial charge < -0.3 is 20.3 Å². The Morgan fingerprint density at radius 1 is 1.39 bits per heavy atom. The summed E-state index contributed by atoms with van der Waals surface area (Å²) in [5.74, 6) is -0.129. The van der Waals surface area contributed by atoms with E-state index in [1.54, 1.807) is 18.9 Å². The fourth-order valence-corrected chi connectivity index (χ4v) is 1.64. The first-order valence-corrected chi connectivity index (χ1v) is 5.85. The summed E-state index contributed by atoms with van der Waals surface area (Å²) in [6.45, 7) is 4.25. The molecule has 0 aliphatic carbocycles. The maximum Gasteiger partial charge on any atom is 0.242 e. The molecule has 0 aromatic carbocycles. The van der Waals surface area contributed by atoms with Crippen LogP contribution in [-0.2, 0) is 14.3 Å². The Bertz CT molecular complexity index is 281. The van der Waals surface area contributed by atoms with E-state index >= 15 is 0 Å². The molecule has 1 aliphatic heterocycles. The lowest BCUT2D eigenvalue weighted by Gasteiger charge is -2.28. The predicted molar refractivity (Wildman–Crippen MR) is 70.6 cm³/mol. The van der Waals surface area contributed by atoms with Crippen LogP contribution in [0.4, 0.5) is 0 Å². The van der Waals surface area contributed by atoms with Gasteiger partial charge in [-0.25, -0.2) is 0 Å². The lowest BCUT2D eigenvalue weighted by molar-refractivity contribution is -0.142. The molecule has 0 spiro atoms. The highest BCUT2D eigenvalue weighted by atomic mass is 35.5. The smallest absolute Gasteiger partial charge is 0.242 e. The van der Waals surface area contributed by atoms with E-state index in [9.17, 15) is 9.59 Å². The van der Waals surface area contributed by atoms with Crippen molar-refractivity contribution in [2.24, 2.45) is 5.73 Å². The maximum absolute atomic E-state index is 11.8. The van der Waals surface area contributed by atoms with Crippen molar-refractivity contribution in [2.75, 3.05) is 39.9 Å². The molecule has 18 heavy (non-hydrogen) atoms. The summed E-state index contributed by atoms with van der Waals surface area (Å²) < 4.78 is 5.16. The minimum Gasteiger partial charge on any atom is -0.378 e. The summed E-state index contributed by atoms with van der Waals surface area (Å²) in [5, 5.41) is 0. The van der Waals surface area contributed by atoms with Gasteiger partial charge in [-0.05, 0) is 6.92 Å². The normalized spacial score (nSPS) is 16.7. The molecule has 106 valence electrons. The van der Waals surface area contributed by atoms with Gasteiger partial charge in [0.2, 0.25) is 11.8 Å². The zero-order chi connectivity index (χ0) is 12.8. The summed E-state index contributed by atoms with van der Waals surface area (Å²) in [6.07, 6.45) is 0.271. The average Bonchev–Trinajstić information content (AvgIpc) is 2.29. The van der Waals surface area contributed by atoms with Crippen LogP contribution in [0.3, 0.4) is 0 Å². The van der Waals surface area contributed by atoms with Crippen molar-refractivity contribution in [3.8, 4) is 0 Å². The second-order valence-electron chi connectivity index (χ2n) is 4.42. The average molecular weight is 280 g/mol. The number of likely N-dealkylation sites (N-methyl/N-ethyl adjacent to an activating group) is 1. The zero-order valence-electron chi connectivity index (χ0n) is 10.9. The van der Waals surface area contributed by atoms with Crippen LogP contribution in [0.5, 0.6) is 0 Å². The second kappa shape index (κ2) is 8.29. The third-order valence-corrected chi connectivity index (χ3v) is 2.66. The van der Waals surface area contributed by atoms with Gasteiger partial charge in [0.1, 0.15) is 0 Å². The van der Waals surface area contributed by atoms with E-state index in [0.29, 0.717) is 26.3 Å². The first-order chi connectivity index (χ1) is 8.00. The van der Waals surface area contributed by atoms with Gasteiger partial charge in [0, 0.05) is 32.6 Å². The number of carbonyl (C=O) groups is 2. The van der Waals surface area contributed by atoms with Crippen LogP contribution in [0.2, 0.25) is 0 Å². The fraction of sp³-hybridized carbons (Fsp3) is 0.818. The molecule has 1 fully saturated rings. The molecule has 6 nitrogen and oxygen atoms in total. The topological polar surface area (TPSA) is 75.9 Å². The highest BCUT2D eigenvalue weighted by Crippen LogP contribution is 2.00. The largest absolute Gasteiger partial charge is 0.378 e. The molecule has 2 amide bonds. The van der Waals surface area contributed by atoms with Gasteiger partial charge in [-0.3, -0.25) is 9.59 Å². The minimum absolute atomic E-state index is 0. The van der Waals surface area contributed by atoms with Crippen LogP contribution in [-0.4, -0.2) is 67.6 Å². The van der Waals surface area contributed by atoms with E-state index in [-0.39, 0.29) is 43.2 Å². The van der Waals surface area contributed by atoms with Crippen LogP contribution in [0.15, 0.2) is 0 Å². The van der Waals surface area contributed by atoms with Crippen LogP contribution in [0, 0.1) is 0 Å². The van der Waals surface area contributed by atoms with E-state index in [1.165, 1.54) is 4.90 Å². The van der Waals surface area contributed by atoms with Gasteiger partial charge in [-0.15, -0.1) is 12.4 Å². The molecular weight excluding hydrogens is 258 g/mol. The third-order valence-electron chi connectivity index (χ3n) is 2.66. The van der Waals surface area contributed by atoms with Crippen molar-refractivity contribution in [3.63, 3.8) is 0 Å². The van der Waals surface area contributed by atoms with Crippen LogP contribution >= 0.6 is 12.4 Å². The van der Waals surface area contributed by atoms with Crippen molar-refractivity contribution < 1.29 is 14.3 Å². The molecule has 1 unspecified atom stereocenters. The Kier molecular flexibility index (Phi) is 7.90. The summed E-state index contributed by atoms with van der Waals surface area (Å²) in [6, 6.07) is -0.177. The summed E-state index contributed by atoms with van der Waals surface area (Å²) >= 11 is 0. The Balaban J connectivity index is 0.00000289. The van der Waals surface area contributed by atoms with E-state index in [1.807, 2.05) is 0 Å². The molecule has 1 atom stereocenters. The molecular formula is C11H22ClN3O3. The van der Waals surface area contributed by atoms with Crippen molar-refractivity contribution in [3.05, 3.63) is 0 Å². The highest BCUT2D eigenvalue weighted by Gasteiger charge is 2.20. The number of rotatable bonds is 4. The van der Waals surface area contributed by atoms with E-state index in [0.717, 1.165) is 0 Å². The predicted octanol–water partition coefficient (Wildman–Crippen LogP) is -0.537. The molecule has 1 heterocycles. The first-order valence-electron chi connectivity index (χ1n) is 5.85. The molecule has 0 bridgehead atoms. The molecule has 1 rings (SSSR count). The monoisotopic (exact) mass is 279 g/mol. The van der Waals surface area contributed by atoms with Crippen LogP contribution in [0.25, 0.3) is 0 Å². The number of ether oxygens (including phenoxy) is 1. The van der Waals surface area contributed by atoms with Crippen molar-refractivity contribution in [2.45, 2.75) is 19.4 Å². The molecule has 0 saturated carbocycles. The van der Waals surface area contributed by atoms with Crippen molar-refractivity contribution in [1.82, 2.24) is 9.80 Å². The first kappa shape index (κ1) is 17.2. The number of morpholine rings is 1. The lowest BCUT2D eigenvalue weighted by Crippen LogP contribution is -2.46. The molecule has 7 heteroatoms. The summed E-state index contributed by atoms with van der Waals surface area (Å²) in [5.41, 5.74) is 5.55. The van der Waals surface area contributed by atoms with Gasteiger partial charge in [-0.2, -0.15) is 0 Å². The van der Waals surface area contributed by atoms with Gasteiger partial charge in [0.15, 0.2) is 0 Å². The maximum atomic E-state index is 11.8. The highest BCUT2D eigenvalue weighted by molar-refractivity contribution is 5.85. The molecule has 0 aromatic rings. The standard InChI is InChI=1S/C11H21N3O3.ClH/c1-9(12)7-10(15)13(2)8-11(16)14-3-5-17-6-4-14;/h9H,3-8,12H2,1-2H3;1H. The number of halogens is 1. The molecule has 0 aromatic heterocycles. The lowest BCUT2D eigenvalue weighted by atomic mass is 10.2. The molecule has 0 radical (unpaired) electrons. The number of nitrogens with two attached hydrogens (primary N) is 1. The van der Waals surface area contributed by atoms with Crippen molar-refractivity contribution >= 4 is 24.2 Å². The molecule has 1 aliphatic rings. The number of hydrogen-bond acceptors (Lipinski definition) is 4. The number of amides is 2. The van der Waals surface area contributed by atoms with E-state index in [2.05, 4.69) is 0 Å². The Hall–Kier alpha value is -0.850. The van der Waals surface area contributed by atoms with Crippen molar-refractivity contribution in [1.29, 1.82) is 0 Å². The van der Waals surface area contributed by atoms with E-state index < -0.39 is 0 Å². The molecule has 2 N–H and O–H groups in total. The number of nitrogens with zero attached hydrogens (tertiary/aromatic N) is 2. The van der Waals surface area contributed by atoms with Gasteiger partial charge in [0.25, 0.3) is 0 Å². The van der Waals surface area contributed by atoms with E-state index in [4.69, 9.17) is 10.5 Å². The Morgan fingerprint density at radius 3 is 2.44 bits per heavy atom.